The molecule has 0 aromatic heterocycles. The van der Waals surface area contributed by atoms with E-state index in [2.05, 4.69) is 6.07 Å². The van der Waals surface area contributed by atoms with E-state index < -0.39 is 5.24 Å². The summed E-state index contributed by atoms with van der Waals surface area (Å²) in [7, 11) is 0. The molecule has 0 amide bonds. The van der Waals surface area contributed by atoms with Crippen LogP contribution in [-0.4, -0.2) is 5.24 Å². The van der Waals surface area contributed by atoms with Gasteiger partial charge in [-0.05, 0) is 0 Å². The maximum absolute atomic E-state index is 10.8. The Morgan fingerprint density at radius 1 is 1.50 bits per heavy atom. The van der Waals surface area contributed by atoms with Gasteiger partial charge in [0, 0.05) is 32.7 Å². The summed E-state index contributed by atoms with van der Waals surface area (Å²) >= 11 is 5.35. The zero-order chi connectivity index (χ0) is 8.43. The molecule has 1 rings (SSSR count). The SMILES string of the molecule is Cc1[c-]ccc(C)c1C(=O)Cl.[Y]. The quantitative estimate of drug-likeness (QED) is 0.557. The number of aryl methyl sites for hydroxylation is 2. The molecule has 3 heteroatoms. The van der Waals surface area contributed by atoms with E-state index in [0.29, 0.717) is 5.56 Å². The first-order valence-electron chi connectivity index (χ1n) is 3.30. The van der Waals surface area contributed by atoms with Crippen molar-refractivity contribution in [3.63, 3.8) is 0 Å². The molecule has 0 heterocycles. The molecule has 12 heavy (non-hydrogen) atoms. The fraction of sp³-hybridized carbons (Fsp3) is 0.222. The molecule has 0 N–H and O–H groups in total. The van der Waals surface area contributed by atoms with Gasteiger partial charge in [0.05, 0.1) is 0 Å². The third-order valence-corrected chi connectivity index (χ3v) is 1.79. The van der Waals surface area contributed by atoms with E-state index in [-0.39, 0.29) is 32.7 Å². The Morgan fingerprint density at radius 3 is 2.42 bits per heavy atom. The molecule has 0 aliphatic rings. The Bertz CT molecular complexity index is 276. The van der Waals surface area contributed by atoms with E-state index in [4.69, 9.17) is 11.6 Å². The molecule has 0 unspecified atom stereocenters. The predicted octanol–water partition coefficient (Wildman–Crippen LogP) is 2.48. The smallest absolute Gasteiger partial charge is 0.197 e. The molecule has 1 radical (unpaired) electrons. The van der Waals surface area contributed by atoms with Crippen molar-refractivity contribution in [2.45, 2.75) is 13.8 Å². The van der Waals surface area contributed by atoms with Crippen molar-refractivity contribution in [1.29, 1.82) is 0 Å². The molecular formula is C9H8ClOY-. The van der Waals surface area contributed by atoms with Gasteiger partial charge >= 0.3 is 0 Å². The molecule has 0 fully saturated rings. The average molecular weight is 257 g/mol. The molecule has 0 saturated heterocycles. The van der Waals surface area contributed by atoms with Gasteiger partial charge < -0.3 is 0 Å². The van der Waals surface area contributed by atoms with Gasteiger partial charge in [-0.3, -0.25) is 4.79 Å². The van der Waals surface area contributed by atoms with E-state index in [1.54, 1.807) is 6.07 Å². The summed E-state index contributed by atoms with van der Waals surface area (Å²) in [4.78, 5) is 10.8. The Hall–Kier alpha value is 0.284. The standard InChI is InChI=1S/C9H8ClO.Y/c1-6-4-3-5-7(2)8(6)9(10)11;/h3-4H,1-2H3;/q-1;. The second-order valence-electron chi connectivity index (χ2n) is 2.43. The van der Waals surface area contributed by atoms with Crippen molar-refractivity contribution in [3.05, 3.63) is 34.9 Å². The van der Waals surface area contributed by atoms with Gasteiger partial charge in [0.1, 0.15) is 0 Å². The summed E-state index contributed by atoms with van der Waals surface area (Å²) in [6.45, 7) is 3.68. The summed E-state index contributed by atoms with van der Waals surface area (Å²) in [6.07, 6.45) is 0. The number of halogens is 1. The van der Waals surface area contributed by atoms with Crippen molar-refractivity contribution in [2.75, 3.05) is 0 Å². The first kappa shape index (κ1) is 12.3. The average Bonchev–Trinajstić information content (AvgIpc) is 1.85. The van der Waals surface area contributed by atoms with Gasteiger partial charge in [-0.2, -0.15) is 23.8 Å². The van der Waals surface area contributed by atoms with Gasteiger partial charge in [0.2, 0.25) is 0 Å². The van der Waals surface area contributed by atoms with Gasteiger partial charge in [-0.1, -0.05) is 31.0 Å². The van der Waals surface area contributed by atoms with Gasteiger partial charge in [-0.25, -0.2) is 0 Å². The number of rotatable bonds is 1. The zero-order valence-corrected chi connectivity index (χ0v) is 10.6. The minimum atomic E-state index is -0.406. The molecular weight excluding hydrogens is 248 g/mol. The number of carbonyl (C=O) groups is 1. The van der Waals surface area contributed by atoms with Crippen LogP contribution in [0.15, 0.2) is 12.1 Å². The van der Waals surface area contributed by atoms with E-state index in [1.165, 1.54) is 0 Å². The molecule has 0 aliphatic carbocycles. The molecule has 0 spiro atoms. The molecule has 0 saturated carbocycles. The zero-order valence-electron chi connectivity index (χ0n) is 7.02. The Morgan fingerprint density at radius 2 is 2.08 bits per heavy atom. The van der Waals surface area contributed by atoms with Crippen LogP contribution in [0.2, 0.25) is 0 Å². The van der Waals surface area contributed by atoms with Gasteiger partial charge in [0.25, 0.3) is 0 Å². The van der Waals surface area contributed by atoms with E-state index in [0.717, 1.165) is 11.1 Å². The summed E-state index contributed by atoms with van der Waals surface area (Å²) in [5, 5.41) is -0.406. The van der Waals surface area contributed by atoms with E-state index >= 15 is 0 Å². The van der Waals surface area contributed by atoms with Crippen LogP contribution in [0.1, 0.15) is 21.5 Å². The third kappa shape index (κ3) is 2.65. The summed E-state index contributed by atoms with van der Waals surface area (Å²) in [6, 6.07) is 6.52. The fourth-order valence-corrected chi connectivity index (χ4v) is 1.34. The van der Waals surface area contributed by atoms with Crippen LogP contribution in [0, 0.1) is 19.9 Å². The van der Waals surface area contributed by atoms with Crippen LogP contribution < -0.4 is 0 Å². The summed E-state index contributed by atoms with van der Waals surface area (Å²) in [5.41, 5.74) is 2.29. The Labute approximate surface area is 102 Å². The number of benzene rings is 1. The molecule has 0 bridgehead atoms. The van der Waals surface area contributed by atoms with Crippen LogP contribution in [0.5, 0.6) is 0 Å². The molecule has 0 atom stereocenters. The van der Waals surface area contributed by atoms with E-state index in [1.807, 2.05) is 19.9 Å². The maximum Gasteiger partial charge on any atom is 0.197 e. The Balaban J connectivity index is 0.00000121. The second-order valence-corrected chi connectivity index (χ2v) is 2.78. The molecule has 1 aromatic carbocycles. The van der Waals surface area contributed by atoms with E-state index in [9.17, 15) is 4.79 Å². The first-order chi connectivity index (χ1) is 5.13. The predicted molar refractivity (Wildman–Crippen MR) is 44.9 cm³/mol. The van der Waals surface area contributed by atoms with Crippen molar-refractivity contribution in [2.24, 2.45) is 0 Å². The normalized spacial score (nSPS) is 8.92. The van der Waals surface area contributed by atoms with Crippen LogP contribution >= 0.6 is 11.6 Å². The minimum absolute atomic E-state index is 0. The summed E-state index contributed by atoms with van der Waals surface area (Å²) < 4.78 is 0. The monoisotopic (exact) mass is 256 g/mol. The van der Waals surface area contributed by atoms with Crippen LogP contribution in [0.3, 0.4) is 0 Å². The molecule has 1 nitrogen and oxygen atoms in total. The largest absolute Gasteiger partial charge is 0.291 e. The van der Waals surface area contributed by atoms with Crippen molar-refractivity contribution >= 4 is 16.8 Å². The maximum atomic E-state index is 10.8. The number of hydrogen-bond donors (Lipinski definition) is 0. The number of hydrogen-bond acceptors (Lipinski definition) is 1. The second kappa shape index (κ2) is 5.11. The van der Waals surface area contributed by atoms with Crippen molar-refractivity contribution in [3.8, 4) is 0 Å². The molecule has 1 aromatic rings. The van der Waals surface area contributed by atoms with Crippen LogP contribution in [0.25, 0.3) is 0 Å². The van der Waals surface area contributed by atoms with Crippen molar-refractivity contribution < 1.29 is 37.5 Å². The topological polar surface area (TPSA) is 17.1 Å². The third-order valence-electron chi connectivity index (χ3n) is 1.60. The first-order valence-corrected chi connectivity index (χ1v) is 3.68. The van der Waals surface area contributed by atoms with Crippen LogP contribution in [0.4, 0.5) is 0 Å². The fourth-order valence-electron chi connectivity index (χ4n) is 1.05. The molecule has 61 valence electrons. The summed E-state index contributed by atoms with van der Waals surface area (Å²) in [5.74, 6) is 0. The Kier molecular flexibility index (Phi) is 5.23. The van der Waals surface area contributed by atoms with Crippen LogP contribution in [-0.2, 0) is 32.7 Å². The minimum Gasteiger partial charge on any atom is -0.291 e. The molecule has 0 aliphatic heterocycles. The number of carbonyl (C=O) groups excluding carboxylic acids is 1. The van der Waals surface area contributed by atoms with Gasteiger partial charge in [0.15, 0.2) is 5.24 Å². The van der Waals surface area contributed by atoms with Gasteiger partial charge in [-0.15, -0.1) is 5.56 Å². The van der Waals surface area contributed by atoms with Crippen molar-refractivity contribution in [1.82, 2.24) is 0 Å².